The van der Waals surface area contributed by atoms with E-state index >= 15 is 0 Å². The minimum atomic E-state index is 0.166. The molecule has 1 saturated heterocycles. The van der Waals surface area contributed by atoms with Gasteiger partial charge in [0.25, 0.3) is 0 Å². The van der Waals surface area contributed by atoms with Crippen LogP contribution in [0.3, 0.4) is 0 Å². The van der Waals surface area contributed by atoms with E-state index in [9.17, 15) is 0 Å². The molecule has 20 heavy (non-hydrogen) atoms. The SMILES string of the molecule is Cc1ccc(/C(N)=N/O)c(N2CC(C)N(C)C(C)C2)c1. The second kappa shape index (κ2) is 5.71. The highest BCUT2D eigenvalue weighted by atomic mass is 16.4. The number of likely N-dealkylation sites (N-methyl/N-ethyl adjacent to an activating group) is 1. The standard InChI is InChI=1S/C15H24N4O/c1-10-5-6-13(15(16)17-20)14(7-10)19-8-11(2)18(4)12(3)9-19/h5-7,11-12,20H,8-9H2,1-4H3,(H2,16,17). The first-order valence-corrected chi connectivity index (χ1v) is 6.99. The van der Waals surface area contributed by atoms with Crippen molar-refractivity contribution in [3.8, 4) is 0 Å². The van der Waals surface area contributed by atoms with Gasteiger partial charge < -0.3 is 15.8 Å². The van der Waals surface area contributed by atoms with Crippen molar-refractivity contribution < 1.29 is 5.21 Å². The van der Waals surface area contributed by atoms with E-state index in [4.69, 9.17) is 10.9 Å². The number of anilines is 1. The van der Waals surface area contributed by atoms with Crippen molar-refractivity contribution in [1.29, 1.82) is 0 Å². The van der Waals surface area contributed by atoms with E-state index in [-0.39, 0.29) is 5.84 Å². The molecular formula is C15H24N4O. The van der Waals surface area contributed by atoms with Gasteiger partial charge in [0.05, 0.1) is 0 Å². The number of aryl methyl sites for hydroxylation is 1. The zero-order chi connectivity index (χ0) is 14.9. The molecule has 0 bridgehead atoms. The van der Waals surface area contributed by atoms with Gasteiger partial charge in [-0.3, -0.25) is 4.90 Å². The van der Waals surface area contributed by atoms with E-state index in [2.05, 4.69) is 48.8 Å². The van der Waals surface area contributed by atoms with Crippen molar-refractivity contribution in [2.24, 2.45) is 10.9 Å². The third-order valence-corrected chi connectivity index (χ3v) is 4.24. The Bertz CT molecular complexity index is 503. The molecule has 110 valence electrons. The Labute approximate surface area is 120 Å². The van der Waals surface area contributed by atoms with Gasteiger partial charge in [0.2, 0.25) is 0 Å². The van der Waals surface area contributed by atoms with Crippen LogP contribution in [-0.2, 0) is 0 Å². The van der Waals surface area contributed by atoms with Crippen LogP contribution >= 0.6 is 0 Å². The summed E-state index contributed by atoms with van der Waals surface area (Å²) >= 11 is 0. The van der Waals surface area contributed by atoms with Gasteiger partial charge in [-0.2, -0.15) is 0 Å². The van der Waals surface area contributed by atoms with Crippen LogP contribution in [0.15, 0.2) is 23.4 Å². The fraction of sp³-hybridized carbons (Fsp3) is 0.533. The van der Waals surface area contributed by atoms with Crippen molar-refractivity contribution in [3.05, 3.63) is 29.3 Å². The molecule has 5 heteroatoms. The lowest BCUT2D eigenvalue weighted by Gasteiger charge is -2.44. The molecule has 2 unspecified atom stereocenters. The maximum absolute atomic E-state index is 8.96. The third-order valence-electron chi connectivity index (χ3n) is 4.24. The van der Waals surface area contributed by atoms with Gasteiger partial charge in [-0.1, -0.05) is 11.2 Å². The number of piperazine rings is 1. The van der Waals surface area contributed by atoms with E-state index < -0.39 is 0 Å². The van der Waals surface area contributed by atoms with Gasteiger partial charge in [0.15, 0.2) is 5.84 Å². The largest absolute Gasteiger partial charge is 0.409 e. The Morgan fingerprint density at radius 3 is 2.45 bits per heavy atom. The lowest BCUT2D eigenvalue weighted by atomic mass is 10.0. The molecule has 0 aliphatic carbocycles. The lowest BCUT2D eigenvalue weighted by Crippen LogP contribution is -2.55. The number of hydrogen-bond acceptors (Lipinski definition) is 4. The van der Waals surface area contributed by atoms with E-state index in [1.165, 1.54) is 5.56 Å². The predicted octanol–water partition coefficient (Wildman–Crippen LogP) is 1.62. The van der Waals surface area contributed by atoms with Crippen LogP contribution < -0.4 is 10.6 Å². The Morgan fingerprint density at radius 1 is 1.30 bits per heavy atom. The van der Waals surface area contributed by atoms with Crippen molar-refractivity contribution in [3.63, 3.8) is 0 Å². The average molecular weight is 276 g/mol. The van der Waals surface area contributed by atoms with Gasteiger partial charge in [-0.05, 0) is 45.5 Å². The van der Waals surface area contributed by atoms with Crippen LogP contribution in [0.4, 0.5) is 5.69 Å². The van der Waals surface area contributed by atoms with Crippen molar-refractivity contribution in [2.45, 2.75) is 32.9 Å². The maximum atomic E-state index is 8.96. The smallest absolute Gasteiger partial charge is 0.172 e. The highest BCUT2D eigenvalue weighted by Gasteiger charge is 2.28. The van der Waals surface area contributed by atoms with E-state index in [1.807, 2.05) is 12.1 Å². The maximum Gasteiger partial charge on any atom is 0.172 e. The first-order valence-electron chi connectivity index (χ1n) is 6.99. The fourth-order valence-corrected chi connectivity index (χ4v) is 2.77. The molecular weight excluding hydrogens is 252 g/mol. The van der Waals surface area contributed by atoms with Crippen LogP contribution in [0.2, 0.25) is 0 Å². The predicted molar refractivity (Wildman–Crippen MR) is 82.6 cm³/mol. The van der Waals surface area contributed by atoms with Crippen molar-refractivity contribution in [1.82, 2.24) is 4.90 Å². The van der Waals surface area contributed by atoms with E-state index in [0.717, 1.165) is 24.3 Å². The average Bonchev–Trinajstić information content (AvgIpc) is 2.43. The second-order valence-corrected chi connectivity index (χ2v) is 5.77. The van der Waals surface area contributed by atoms with Gasteiger partial charge in [0.1, 0.15) is 0 Å². The Balaban J connectivity index is 2.39. The summed E-state index contributed by atoms with van der Waals surface area (Å²) in [5.41, 5.74) is 8.83. The molecule has 1 aliphatic rings. The normalized spacial score (nSPS) is 25.0. The summed E-state index contributed by atoms with van der Waals surface area (Å²) in [6.45, 7) is 8.39. The molecule has 0 spiro atoms. The molecule has 0 aromatic heterocycles. The van der Waals surface area contributed by atoms with Crippen LogP contribution in [0.5, 0.6) is 0 Å². The summed E-state index contributed by atoms with van der Waals surface area (Å²) in [7, 11) is 2.16. The number of rotatable bonds is 2. The molecule has 1 fully saturated rings. The summed E-state index contributed by atoms with van der Waals surface area (Å²) in [5.74, 6) is 0.166. The summed E-state index contributed by atoms with van der Waals surface area (Å²) < 4.78 is 0. The van der Waals surface area contributed by atoms with Gasteiger partial charge in [-0.25, -0.2) is 0 Å². The molecule has 5 nitrogen and oxygen atoms in total. The molecule has 2 atom stereocenters. The van der Waals surface area contributed by atoms with Gasteiger partial charge in [0, 0.05) is 36.4 Å². The summed E-state index contributed by atoms with van der Waals surface area (Å²) in [6, 6.07) is 6.96. The minimum Gasteiger partial charge on any atom is -0.409 e. The number of nitrogens with two attached hydrogens (primary N) is 1. The highest BCUT2D eigenvalue weighted by Crippen LogP contribution is 2.26. The molecule has 1 heterocycles. The molecule has 0 saturated carbocycles. The Kier molecular flexibility index (Phi) is 4.18. The van der Waals surface area contributed by atoms with Gasteiger partial charge >= 0.3 is 0 Å². The van der Waals surface area contributed by atoms with Crippen LogP contribution in [0, 0.1) is 6.92 Å². The number of hydrogen-bond donors (Lipinski definition) is 2. The molecule has 1 aromatic rings. The molecule has 1 aromatic carbocycles. The van der Waals surface area contributed by atoms with E-state index in [1.54, 1.807) is 0 Å². The lowest BCUT2D eigenvalue weighted by molar-refractivity contribution is 0.170. The number of oxime groups is 1. The fourth-order valence-electron chi connectivity index (χ4n) is 2.77. The first-order chi connectivity index (χ1) is 9.43. The molecule has 2 rings (SSSR count). The minimum absolute atomic E-state index is 0.166. The monoisotopic (exact) mass is 276 g/mol. The summed E-state index contributed by atoms with van der Waals surface area (Å²) in [5, 5.41) is 12.1. The summed E-state index contributed by atoms with van der Waals surface area (Å²) in [6.07, 6.45) is 0. The Hall–Kier alpha value is -1.75. The molecule has 1 aliphatic heterocycles. The Morgan fingerprint density at radius 2 is 1.90 bits per heavy atom. The molecule has 0 radical (unpaired) electrons. The second-order valence-electron chi connectivity index (χ2n) is 5.77. The van der Waals surface area contributed by atoms with Crippen LogP contribution in [0.1, 0.15) is 25.0 Å². The highest BCUT2D eigenvalue weighted by molar-refractivity contribution is 6.02. The van der Waals surface area contributed by atoms with Crippen LogP contribution in [0.25, 0.3) is 0 Å². The first kappa shape index (κ1) is 14.7. The van der Waals surface area contributed by atoms with Crippen molar-refractivity contribution >= 4 is 11.5 Å². The zero-order valence-corrected chi connectivity index (χ0v) is 12.7. The number of benzene rings is 1. The van der Waals surface area contributed by atoms with Crippen LogP contribution in [-0.4, -0.2) is 48.2 Å². The van der Waals surface area contributed by atoms with E-state index in [0.29, 0.717) is 12.1 Å². The number of amidine groups is 1. The molecule has 3 N–H and O–H groups in total. The third kappa shape index (κ3) is 2.72. The van der Waals surface area contributed by atoms with Gasteiger partial charge in [-0.15, -0.1) is 0 Å². The topological polar surface area (TPSA) is 65.1 Å². The quantitative estimate of drug-likeness (QED) is 0.373. The van der Waals surface area contributed by atoms with Crippen molar-refractivity contribution in [2.75, 3.05) is 25.0 Å². The number of nitrogens with zero attached hydrogens (tertiary/aromatic N) is 3. The zero-order valence-electron chi connectivity index (χ0n) is 12.7. The summed E-state index contributed by atoms with van der Waals surface area (Å²) in [4.78, 5) is 4.71. The molecule has 0 amide bonds.